The lowest BCUT2D eigenvalue weighted by molar-refractivity contribution is 0.0696. The van der Waals surface area contributed by atoms with E-state index in [9.17, 15) is 4.79 Å². The van der Waals surface area contributed by atoms with Crippen molar-refractivity contribution in [2.45, 2.75) is 13.2 Å². The number of hydrogen-bond acceptors (Lipinski definition) is 5. The van der Waals surface area contributed by atoms with Gasteiger partial charge in [0.15, 0.2) is 0 Å². The Hall–Kier alpha value is -3.45. The van der Waals surface area contributed by atoms with E-state index in [1.807, 2.05) is 60.0 Å². The van der Waals surface area contributed by atoms with Gasteiger partial charge in [-0.3, -0.25) is 4.68 Å². The molecule has 0 radical (unpaired) electrons. The van der Waals surface area contributed by atoms with Gasteiger partial charge >= 0.3 is 5.97 Å². The summed E-state index contributed by atoms with van der Waals surface area (Å²) in [7, 11) is 0. The molecule has 4 aromatic rings. The zero-order valence-electron chi connectivity index (χ0n) is 14.9. The normalized spacial score (nSPS) is 10.7. The average Bonchev–Trinajstić information content (AvgIpc) is 3.38. The zero-order chi connectivity index (χ0) is 19.3. The summed E-state index contributed by atoms with van der Waals surface area (Å²) in [6.45, 7) is 0.944. The van der Waals surface area contributed by atoms with E-state index >= 15 is 0 Å². The molecule has 6 nitrogen and oxygen atoms in total. The maximum Gasteiger partial charge on any atom is 0.338 e. The average molecular weight is 391 g/mol. The molecule has 0 aliphatic carbocycles. The van der Waals surface area contributed by atoms with Crippen LogP contribution >= 0.6 is 11.3 Å². The molecule has 0 unspecified atom stereocenters. The highest BCUT2D eigenvalue weighted by atomic mass is 32.1. The Labute approximate surface area is 165 Å². The quantitative estimate of drug-likeness (QED) is 0.507. The highest BCUT2D eigenvalue weighted by molar-refractivity contribution is 7.09. The Bertz CT molecular complexity index is 1090. The summed E-state index contributed by atoms with van der Waals surface area (Å²) in [6, 6.07) is 17.9. The van der Waals surface area contributed by atoms with Crippen LogP contribution in [-0.4, -0.2) is 25.8 Å². The summed E-state index contributed by atoms with van der Waals surface area (Å²) < 4.78 is 7.46. The van der Waals surface area contributed by atoms with E-state index in [2.05, 4.69) is 10.1 Å². The second kappa shape index (κ2) is 8.06. The molecule has 28 heavy (non-hydrogen) atoms. The van der Waals surface area contributed by atoms with Gasteiger partial charge in [0.2, 0.25) is 0 Å². The van der Waals surface area contributed by atoms with Gasteiger partial charge in [-0.05, 0) is 17.7 Å². The molecule has 0 saturated carbocycles. The van der Waals surface area contributed by atoms with Crippen LogP contribution in [0.5, 0.6) is 5.75 Å². The van der Waals surface area contributed by atoms with E-state index in [-0.39, 0.29) is 5.56 Å². The first kappa shape index (κ1) is 17.9. The molecule has 0 fully saturated rings. The summed E-state index contributed by atoms with van der Waals surface area (Å²) in [4.78, 5) is 15.6. The highest BCUT2D eigenvalue weighted by Gasteiger charge is 2.10. The van der Waals surface area contributed by atoms with Crippen LogP contribution in [0.3, 0.4) is 0 Å². The van der Waals surface area contributed by atoms with E-state index in [0.29, 0.717) is 13.2 Å². The lowest BCUT2D eigenvalue weighted by atomic mass is 10.1. The smallest absolute Gasteiger partial charge is 0.338 e. The molecule has 0 bridgehead atoms. The highest BCUT2D eigenvalue weighted by Crippen LogP contribution is 2.26. The second-order valence-electron chi connectivity index (χ2n) is 6.16. The van der Waals surface area contributed by atoms with E-state index in [0.717, 1.165) is 27.6 Å². The van der Waals surface area contributed by atoms with Crippen molar-refractivity contribution in [3.63, 3.8) is 0 Å². The molecule has 0 aliphatic rings. The monoisotopic (exact) mass is 391 g/mol. The molecule has 0 amide bonds. The number of carboxylic acids is 1. The molecule has 2 aromatic heterocycles. The summed E-state index contributed by atoms with van der Waals surface area (Å²) in [5.74, 6) is -0.201. The Kier molecular flexibility index (Phi) is 5.16. The molecule has 0 spiro atoms. The largest absolute Gasteiger partial charge is 0.489 e. The zero-order valence-corrected chi connectivity index (χ0v) is 15.7. The third kappa shape index (κ3) is 4.27. The number of aromatic nitrogens is 3. The Morgan fingerprint density at radius 3 is 2.79 bits per heavy atom. The number of aromatic carboxylic acids is 1. The van der Waals surface area contributed by atoms with E-state index in [1.165, 1.54) is 23.7 Å². The van der Waals surface area contributed by atoms with Gasteiger partial charge in [0.25, 0.3) is 0 Å². The topological polar surface area (TPSA) is 77.2 Å². The number of nitrogens with zero attached hydrogens (tertiary/aromatic N) is 3. The van der Waals surface area contributed by atoms with Crippen molar-refractivity contribution in [2.75, 3.05) is 0 Å². The number of hydrogen-bond donors (Lipinski definition) is 1. The molecule has 2 heterocycles. The minimum atomic E-state index is -0.988. The third-order valence-corrected chi connectivity index (χ3v) is 4.94. The Balaban J connectivity index is 1.45. The molecular weight excluding hydrogens is 374 g/mol. The molecule has 0 saturated heterocycles. The molecule has 0 aliphatic heterocycles. The first-order valence-electron chi connectivity index (χ1n) is 8.65. The minimum Gasteiger partial charge on any atom is -0.489 e. The van der Waals surface area contributed by atoms with Crippen molar-refractivity contribution >= 4 is 17.3 Å². The van der Waals surface area contributed by atoms with Crippen molar-refractivity contribution in [3.8, 4) is 17.0 Å². The Morgan fingerprint density at radius 1 is 1.14 bits per heavy atom. The van der Waals surface area contributed by atoms with Gasteiger partial charge in [-0.15, -0.1) is 11.3 Å². The van der Waals surface area contributed by atoms with Gasteiger partial charge in [-0.25, -0.2) is 9.78 Å². The van der Waals surface area contributed by atoms with Gasteiger partial charge in [-0.2, -0.15) is 5.10 Å². The molecule has 2 aromatic carbocycles. The summed E-state index contributed by atoms with van der Waals surface area (Å²) in [6.07, 6.45) is 2.84. The van der Waals surface area contributed by atoms with Gasteiger partial charge in [0, 0.05) is 17.1 Å². The van der Waals surface area contributed by atoms with Crippen LogP contribution in [0.15, 0.2) is 72.4 Å². The molecular formula is C21H17N3O3S. The molecule has 0 atom stereocenters. The number of carbonyl (C=O) groups is 1. The maximum absolute atomic E-state index is 11.0. The second-order valence-corrected chi connectivity index (χ2v) is 7.10. The van der Waals surface area contributed by atoms with Crippen molar-refractivity contribution < 1.29 is 14.6 Å². The third-order valence-electron chi connectivity index (χ3n) is 4.11. The van der Waals surface area contributed by atoms with Gasteiger partial charge in [0.05, 0.1) is 24.0 Å². The first-order valence-corrected chi connectivity index (χ1v) is 9.53. The van der Waals surface area contributed by atoms with Crippen LogP contribution in [0.2, 0.25) is 0 Å². The van der Waals surface area contributed by atoms with E-state index in [4.69, 9.17) is 9.84 Å². The number of carboxylic acid groups (broad SMARTS) is 1. The fourth-order valence-electron chi connectivity index (χ4n) is 2.70. The van der Waals surface area contributed by atoms with Crippen molar-refractivity contribution in [2.24, 2.45) is 0 Å². The maximum atomic E-state index is 11.0. The van der Waals surface area contributed by atoms with Crippen LogP contribution < -0.4 is 4.74 Å². The summed E-state index contributed by atoms with van der Waals surface area (Å²) in [5.41, 5.74) is 3.11. The number of thiazole rings is 1. The van der Waals surface area contributed by atoms with Crippen molar-refractivity contribution in [1.82, 2.24) is 14.8 Å². The van der Waals surface area contributed by atoms with Crippen LogP contribution in [-0.2, 0) is 13.2 Å². The van der Waals surface area contributed by atoms with Gasteiger partial charge in [0.1, 0.15) is 17.4 Å². The fraction of sp³-hybridized carbons (Fsp3) is 0.0952. The number of rotatable bonds is 7. The van der Waals surface area contributed by atoms with Crippen LogP contribution in [0, 0.1) is 0 Å². The predicted octanol–water partition coefficient (Wildman–Crippen LogP) is 4.33. The fourth-order valence-corrected chi connectivity index (χ4v) is 3.50. The predicted molar refractivity (Wildman–Crippen MR) is 107 cm³/mol. The lowest BCUT2D eigenvalue weighted by Gasteiger charge is -2.07. The van der Waals surface area contributed by atoms with E-state index < -0.39 is 5.97 Å². The number of benzene rings is 2. The van der Waals surface area contributed by atoms with E-state index in [1.54, 1.807) is 4.68 Å². The molecule has 1 N–H and O–H groups in total. The Morgan fingerprint density at radius 2 is 2.00 bits per heavy atom. The molecule has 7 heteroatoms. The SMILES string of the molecule is O=C(O)c1cnn(Cc2nc(-c3cccc(OCc4ccccc4)c3)cs2)c1. The summed E-state index contributed by atoms with van der Waals surface area (Å²) >= 11 is 1.51. The minimum absolute atomic E-state index is 0.167. The van der Waals surface area contributed by atoms with Crippen molar-refractivity contribution in [1.29, 1.82) is 0 Å². The molecule has 4 rings (SSSR count). The van der Waals surface area contributed by atoms with Crippen molar-refractivity contribution in [3.05, 3.63) is 88.5 Å². The van der Waals surface area contributed by atoms with Gasteiger partial charge < -0.3 is 9.84 Å². The van der Waals surface area contributed by atoms with Crippen LogP contribution in [0.4, 0.5) is 0 Å². The van der Waals surface area contributed by atoms with Crippen LogP contribution in [0.25, 0.3) is 11.3 Å². The lowest BCUT2D eigenvalue weighted by Crippen LogP contribution is -2.00. The standard InChI is InChI=1S/C21H17N3O3S/c25-21(26)17-10-22-24(11-17)12-20-23-19(14-28-20)16-7-4-8-18(9-16)27-13-15-5-2-1-3-6-15/h1-11,14H,12-13H2,(H,25,26). The number of ether oxygens (including phenoxy) is 1. The van der Waals surface area contributed by atoms with Gasteiger partial charge in [-0.1, -0.05) is 42.5 Å². The summed E-state index contributed by atoms with van der Waals surface area (Å²) in [5, 5.41) is 15.9. The molecule has 140 valence electrons. The van der Waals surface area contributed by atoms with Crippen LogP contribution in [0.1, 0.15) is 20.9 Å². The first-order chi connectivity index (χ1) is 13.7.